The molecule has 7 nitrogen and oxygen atoms in total. The number of amides is 1. The van der Waals surface area contributed by atoms with Gasteiger partial charge >= 0.3 is 5.97 Å². The van der Waals surface area contributed by atoms with Gasteiger partial charge < -0.3 is 15.0 Å². The highest BCUT2D eigenvalue weighted by atomic mass is 16.5. The van der Waals surface area contributed by atoms with E-state index in [2.05, 4.69) is 20.3 Å². The standard InChI is InChI=1S/C12H16N4O3/c1-3-16-7-6-8(11(16)17)13-10-5-4-9(14-15-10)12(18)19-2/h4-5,8H,3,6-7H2,1-2H3,(H,13,15). The van der Waals surface area contributed by atoms with Gasteiger partial charge in [0.05, 0.1) is 7.11 Å². The molecule has 0 saturated carbocycles. The van der Waals surface area contributed by atoms with Crippen LogP contribution in [0.1, 0.15) is 23.8 Å². The minimum atomic E-state index is -0.534. The molecule has 7 heteroatoms. The van der Waals surface area contributed by atoms with Crippen LogP contribution in [-0.4, -0.2) is 53.2 Å². The molecule has 2 heterocycles. The van der Waals surface area contributed by atoms with E-state index in [1.165, 1.54) is 13.2 Å². The van der Waals surface area contributed by atoms with E-state index in [1.54, 1.807) is 11.0 Å². The second-order valence-corrected chi connectivity index (χ2v) is 4.20. The van der Waals surface area contributed by atoms with Crippen molar-refractivity contribution in [3.8, 4) is 0 Å². The fraction of sp³-hybridized carbons (Fsp3) is 0.500. The molecule has 1 aliphatic heterocycles. The van der Waals surface area contributed by atoms with Crippen molar-refractivity contribution in [3.05, 3.63) is 17.8 Å². The fourth-order valence-electron chi connectivity index (χ4n) is 1.99. The maximum atomic E-state index is 11.9. The number of esters is 1. The average Bonchev–Trinajstić information content (AvgIpc) is 2.79. The van der Waals surface area contributed by atoms with Gasteiger partial charge in [-0.3, -0.25) is 4.79 Å². The summed E-state index contributed by atoms with van der Waals surface area (Å²) in [6, 6.07) is 2.86. The van der Waals surface area contributed by atoms with Crippen LogP contribution in [0, 0.1) is 0 Å². The van der Waals surface area contributed by atoms with Crippen molar-refractivity contribution in [2.75, 3.05) is 25.5 Å². The van der Waals surface area contributed by atoms with Gasteiger partial charge in [-0.25, -0.2) is 4.79 Å². The van der Waals surface area contributed by atoms with E-state index < -0.39 is 5.97 Å². The van der Waals surface area contributed by atoms with Crippen LogP contribution in [0.15, 0.2) is 12.1 Å². The van der Waals surface area contributed by atoms with Crippen LogP contribution in [0.25, 0.3) is 0 Å². The Balaban J connectivity index is 2.00. The van der Waals surface area contributed by atoms with Crippen LogP contribution in [-0.2, 0) is 9.53 Å². The number of carbonyl (C=O) groups excluding carboxylic acids is 2. The summed E-state index contributed by atoms with van der Waals surface area (Å²) in [6.45, 7) is 3.41. The minimum Gasteiger partial charge on any atom is -0.464 e. The molecule has 1 unspecified atom stereocenters. The van der Waals surface area contributed by atoms with Crippen molar-refractivity contribution in [3.63, 3.8) is 0 Å². The maximum Gasteiger partial charge on any atom is 0.358 e. The van der Waals surface area contributed by atoms with E-state index in [9.17, 15) is 9.59 Å². The number of methoxy groups -OCH3 is 1. The van der Waals surface area contributed by atoms with E-state index in [1.807, 2.05) is 6.92 Å². The van der Waals surface area contributed by atoms with Crippen molar-refractivity contribution in [2.24, 2.45) is 0 Å². The van der Waals surface area contributed by atoms with Gasteiger partial charge in [0.1, 0.15) is 11.9 Å². The summed E-state index contributed by atoms with van der Waals surface area (Å²) in [5.74, 6) is 0.0125. The largest absolute Gasteiger partial charge is 0.464 e. The zero-order valence-corrected chi connectivity index (χ0v) is 10.9. The van der Waals surface area contributed by atoms with Gasteiger partial charge in [0.15, 0.2) is 5.69 Å². The third kappa shape index (κ3) is 2.81. The van der Waals surface area contributed by atoms with E-state index in [-0.39, 0.29) is 17.6 Å². The number of nitrogens with one attached hydrogen (secondary N) is 1. The molecule has 19 heavy (non-hydrogen) atoms. The van der Waals surface area contributed by atoms with Crippen molar-refractivity contribution in [2.45, 2.75) is 19.4 Å². The van der Waals surface area contributed by atoms with Crippen LogP contribution in [0.2, 0.25) is 0 Å². The molecule has 1 saturated heterocycles. The van der Waals surface area contributed by atoms with Gasteiger partial charge in [0.2, 0.25) is 5.91 Å². The first kappa shape index (κ1) is 13.3. The summed E-state index contributed by atoms with van der Waals surface area (Å²) in [5, 5.41) is 10.6. The molecule has 0 radical (unpaired) electrons. The lowest BCUT2D eigenvalue weighted by molar-refractivity contribution is -0.128. The lowest BCUT2D eigenvalue weighted by Crippen LogP contribution is -2.33. The van der Waals surface area contributed by atoms with Crippen LogP contribution in [0.4, 0.5) is 5.82 Å². The summed E-state index contributed by atoms with van der Waals surface area (Å²) in [6.07, 6.45) is 0.743. The molecule has 1 N–H and O–H groups in total. The highest BCUT2D eigenvalue weighted by Crippen LogP contribution is 2.15. The molecule has 0 aromatic carbocycles. The molecule has 1 atom stereocenters. The zero-order chi connectivity index (χ0) is 13.8. The average molecular weight is 264 g/mol. The first-order chi connectivity index (χ1) is 9.15. The Bertz CT molecular complexity index is 474. The van der Waals surface area contributed by atoms with Gasteiger partial charge in [0.25, 0.3) is 0 Å². The second-order valence-electron chi connectivity index (χ2n) is 4.20. The molecule has 2 rings (SSSR count). The van der Waals surface area contributed by atoms with E-state index >= 15 is 0 Å². The topological polar surface area (TPSA) is 84.4 Å². The van der Waals surface area contributed by atoms with Crippen molar-refractivity contribution in [1.29, 1.82) is 0 Å². The Labute approximate surface area is 110 Å². The molecular formula is C12H16N4O3. The van der Waals surface area contributed by atoms with E-state index in [0.29, 0.717) is 12.4 Å². The van der Waals surface area contributed by atoms with Gasteiger partial charge in [-0.05, 0) is 25.5 Å². The Hall–Kier alpha value is -2.18. The number of anilines is 1. The third-order valence-electron chi connectivity index (χ3n) is 3.06. The second kappa shape index (κ2) is 5.64. The Morgan fingerprint density at radius 2 is 2.32 bits per heavy atom. The number of aromatic nitrogens is 2. The molecule has 1 amide bonds. The number of carbonyl (C=O) groups is 2. The van der Waals surface area contributed by atoms with Crippen molar-refractivity contribution >= 4 is 17.7 Å². The number of rotatable bonds is 4. The van der Waals surface area contributed by atoms with Crippen molar-refractivity contribution < 1.29 is 14.3 Å². The highest BCUT2D eigenvalue weighted by Gasteiger charge is 2.30. The number of likely N-dealkylation sites (tertiary alicyclic amines) is 1. The molecule has 0 aliphatic carbocycles. The molecule has 1 fully saturated rings. The summed E-state index contributed by atoms with van der Waals surface area (Å²) in [5.41, 5.74) is 0.140. The third-order valence-corrected chi connectivity index (χ3v) is 3.06. The van der Waals surface area contributed by atoms with Crippen LogP contribution in [0.5, 0.6) is 0 Å². The fourth-order valence-corrected chi connectivity index (χ4v) is 1.99. The van der Waals surface area contributed by atoms with Crippen LogP contribution >= 0.6 is 0 Å². The first-order valence-corrected chi connectivity index (χ1v) is 6.13. The molecule has 1 aromatic heterocycles. The quantitative estimate of drug-likeness (QED) is 0.787. The van der Waals surface area contributed by atoms with Crippen LogP contribution < -0.4 is 5.32 Å². The Morgan fingerprint density at radius 3 is 2.84 bits per heavy atom. The Morgan fingerprint density at radius 1 is 1.53 bits per heavy atom. The number of hydrogen-bond donors (Lipinski definition) is 1. The minimum absolute atomic E-state index is 0.0707. The predicted octanol–water partition coefficient (Wildman–Crippen LogP) is 0.296. The van der Waals surface area contributed by atoms with Gasteiger partial charge in [-0.15, -0.1) is 10.2 Å². The number of nitrogens with zero attached hydrogens (tertiary/aromatic N) is 3. The lowest BCUT2D eigenvalue weighted by atomic mass is 10.2. The highest BCUT2D eigenvalue weighted by molar-refractivity contribution is 5.88. The first-order valence-electron chi connectivity index (χ1n) is 6.13. The molecule has 1 aromatic rings. The summed E-state index contributed by atoms with van der Waals surface area (Å²) >= 11 is 0. The molecule has 102 valence electrons. The summed E-state index contributed by atoms with van der Waals surface area (Å²) < 4.78 is 4.53. The lowest BCUT2D eigenvalue weighted by Gasteiger charge is -2.14. The van der Waals surface area contributed by atoms with Crippen LogP contribution in [0.3, 0.4) is 0 Å². The maximum absolute atomic E-state index is 11.9. The Kier molecular flexibility index (Phi) is 3.94. The predicted molar refractivity (Wildman–Crippen MR) is 67.7 cm³/mol. The zero-order valence-electron chi connectivity index (χ0n) is 10.9. The summed E-state index contributed by atoms with van der Waals surface area (Å²) in [4.78, 5) is 24.9. The van der Waals surface area contributed by atoms with Gasteiger partial charge in [-0.2, -0.15) is 0 Å². The summed E-state index contributed by atoms with van der Waals surface area (Å²) in [7, 11) is 1.28. The van der Waals surface area contributed by atoms with Gasteiger partial charge in [-0.1, -0.05) is 0 Å². The molecule has 0 spiro atoms. The van der Waals surface area contributed by atoms with E-state index in [0.717, 1.165) is 13.0 Å². The SMILES string of the molecule is CCN1CCC(Nc2ccc(C(=O)OC)nn2)C1=O. The number of hydrogen-bond acceptors (Lipinski definition) is 6. The number of ether oxygens (including phenoxy) is 1. The number of likely N-dealkylation sites (N-methyl/N-ethyl adjacent to an activating group) is 1. The molecule has 0 bridgehead atoms. The smallest absolute Gasteiger partial charge is 0.358 e. The normalized spacial score (nSPS) is 18.5. The monoisotopic (exact) mass is 264 g/mol. The van der Waals surface area contributed by atoms with Crippen molar-refractivity contribution in [1.82, 2.24) is 15.1 Å². The molecule has 1 aliphatic rings. The van der Waals surface area contributed by atoms with E-state index in [4.69, 9.17) is 0 Å². The molecular weight excluding hydrogens is 248 g/mol. The van der Waals surface area contributed by atoms with Gasteiger partial charge in [0, 0.05) is 13.1 Å².